The van der Waals surface area contributed by atoms with Crippen LogP contribution in [0.3, 0.4) is 0 Å². The largest absolute Gasteiger partial charge is 0.677 e. The molecule has 0 saturated heterocycles. The van der Waals surface area contributed by atoms with E-state index in [4.69, 9.17) is 44.9 Å². The van der Waals surface area contributed by atoms with E-state index in [2.05, 4.69) is 0 Å². The quantitative estimate of drug-likeness (QED) is 0.238. The number of nitro benzene ring substituents is 2. The molecular weight excluding hydrogens is 506 g/mol. The molecular formula is C21H23B2N4O11-. The van der Waals surface area contributed by atoms with Crippen LogP contribution in [-0.4, -0.2) is 54.9 Å². The van der Waals surface area contributed by atoms with Crippen LogP contribution in [0.25, 0.3) is 5.73 Å². The normalized spacial score (nSPS) is 14.7. The van der Waals surface area contributed by atoms with Crippen LogP contribution in [-0.2, 0) is 9.41 Å². The number of nitrogens with one attached hydrogen (secondary N) is 1. The van der Waals surface area contributed by atoms with Crippen molar-refractivity contribution in [1.29, 1.82) is 0 Å². The molecule has 0 aromatic heterocycles. The zero-order valence-electron chi connectivity index (χ0n) is 20.1. The molecule has 17 heteroatoms. The molecule has 2 aliphatic rings. The van der Waals surface area contributed by atoms with Crippen LogP contribution in [0.15, 0.2) is 36.4 Å². The minimum absolute atomic E-state index is 0.00857. The van der Waals surface area contributed by atoms with Crippen LogP contribution in [0.1, 0.15) is 12.8 Å². The molecule has 0 fully saturated rings. The number of nitrogens with zero attached hydrogens (tertiary/aromatic N) is 2. The van der Waals surface area contributed by atoms with E-state index in [-0.39, 0.29) is 17.9 Å². The molecule has 15 nitrogen and oxygen atoms in total. The molecule has 2 aliphatic heterocycles. The first-order valence-corrected chi connectivity index (χ1v) is 10.8. The summed E-state index contributed by atoms with van der Waals surface area (Å²) in [5.74, 6) is 3.54. The number of fused-ring (bicyclic) bond motifs is 2. The topological polar surface area (TPSA) is 227 Å². The average molecular weight is 529 g/mol. The van der Waals surface area contributed by atoms with Crippen LogP contribution in [0.4, 0.5) is 11.4 Å². The third-order valence-electron chi connectivity index (χ3n) is 4.22. The standard InChI is InChI=1S/C9H10N2O4.C9H9N2O4.C2HBO2.CH3BO/c2*10-4-3-9-14-7-2-1-6(11(12)13)5-8(7)15-9;4-2-1-3-5;1-2-3/h1-2,5,9H,3-4,10H2;1-2,5,9-10H,3-4H2;4H;1H3/q;-1;;. The van der Waals surface area contributed by atoms with Crippen molar-refractivity contribution in [3.63, 3.8) is 0 Å². The maximum absolute atomic E-state index is 10.5. The molecule has 0 bridgehead atoms. The SMILES string of the molecule is CB=O.NCCC1Oc2ccc([N+](=O)[O-])cc2O1.O=BC#CO.[NH-]CCC1Oc2ccc([N+](=O)[O-])cc2O1. The molecule has 0 aliphatic carbocycles. The second-order valence-corrected chi connectivity index (χ2v) is 6.83. The van der Waals surface area contributed by atoms with Crippen molar-refractivity contribution in [3.05, 3.63) is 62.4 Å². The zero-order valence-corrected chi connectivity index (χ0v) is 20.1. The Morgan fingerprint density at radius 3 is 1.66 bits per heavy atom. The summed E-state index contributed by atoms with van der Waals surface area (Å²) in [6, 6.07) is 8.48. The van der Waals surface area contributed by atoms with E-state index in [0.29, 0.717) is 49.5 Å². The molecule has 0 amide bonds. The number of aliphatic hydroxyl groups excluding tert-OH is 1. The molecule has 2 unspecified atom stereocenters. The second kappa shape index (κ2) is 17.0. The Kier molecular flexibility index (Phi) is 14.1. The maximum Gasteiger partial charge on any atom is 0.273 e. The average Bonchev–Trinajstić information content (AvgIpc) is 3.48. The molecule has 2 heterocycles. The van der Waals surface area contributed by atoms with Gasteiger partial charge < -0.3 is 30.4 Å². The molecule has 4 rings (SSSR count). The van der Waals surface area contributed by atoms with E-state index < -0.39 is 22.4 Å². The van der Waals surface area contributed by atoms with Gasteiger partial charge in [0, 0.05) is 25.0 Å². The Labute approximate surface area is 217 Å². The van der Waals surface area contributed by atoms with E-state index in [0.717, 1.165) is 7.15 Å². The molecule has 2 aromatic carbocycles. The van der Waals surface area contributed by atoms with Gasteiger partial charge in [-0.1, -0.05) is 0 Å². The second-order valence-electron chi connectivity index (χ2n) is 6.83. The Balaban J connectivity index is 0.000000298. The Morgan fingerprint density at radius 2 is 1.34 bits per heavy atom. The van der Waals surface area contributed by atoms with Crippen molar-refractivity contribution in [1.82, 2.24) is 0 Å². The fraction of sp³-hybridized carbons (Fsp3) is 0.333. The van der Waals surface area contributed by atoms with Crippen molar-refractivity contribution in [2.45, 2.75) is 32.2 Å². The zero-order chi connectivity index (χ0) is 28.5. The van der Waals surface area contributed by atoms with Crippen LogP contribution in [0, 0.1) is 32.2 Å². The van der Waals surface area contributed by atoms with Crippen molar-refractivity contribution in [3.8, 4) is 34.9 Å². The summed E-state index contributed by atoms with van der Waals surface area (Å²) in [5, 5.41) is 28.5. The number of aliphatic hydroxyl groups is 1. The van der Waals surface area contributed by atoms with E-state index in [1.165, 1.54) is 49.3 Å². The van der Waals surface area contributed by atoms with Gasteiger partial charge >= 0.3 is 47.6 Å². The minimum Gasteiger partial charge on any atom is -0.677 e. The van der Waals surface area contributed by atoms with Gasteiger partial charge in [-0.3, -0.25) is 20.2 Å². The first-order chi connectivity index (χ1) is 18.2. The van der Waals surface area contributed by atoms with Gasteiger partial charge in [0.15, 0.2) is 23.0 Å². The molecule has 0 saturated carbocycles. The summed E-state index contributed by atoms with van der Waals surface area (Å²) in [6.45, 7) is 2.08. The first kappa shape index (κ1) is 31.5. The number of hydrogen-bond acceptors (Lipinski definition) is 12. The number of ether oxygens (including phenoxy) is 4. The van der Waals surface area contributed by atoms with Gasteiger partial charge in [0.25, 0.3) is 11.4 Å². The number of benzene rings is 2. The Bertz CT molecular complexity index is 1100. The molecule has 200 valence electrons. The van der Waals surface area contributed by atoms with Crippen molar-refractivity contribution in [2.24, 2.45) is 5.73 Å². The monoisotopic (exact) mass is 529 g/mol. The van der Waals surface area contributed by atoms with Gasteiger partial charge in [0.1, 0.15) is 0 Å². The van der Waals surface area contributed by atoms with Gasteiger partial charge in [-0.05, 0) is 18.7 Å². The van der Waals surface area contributed by atoms with Gasteiger partial charge in [-0.25, -0.2) is 0 Å². The third-order valence-corrected chi connectivity index (χ3v) is 4.22. The number of nitrogens with two attached hydrogens (primary N) is 1. The summed E-state index contributed by atoms with van der Waals surface area (Å²) in [4.78, 5) is 20.0. The predicted octanol–water partition coefficient (Wildman–Crippen LogP) is 2.59. The van der Waals surface area contributed by atoms with Gasteiger partial charge in [0.05, 0.1) is 22.0 Å². The Morgan fingerprint density at radius 1 is 0.921 bits per heavy atom. The number of non-ortho nitro benzene ring substituents is 2. The number of hydrogen-bond donors (Lipinski definition) is 2. The van der Waals surface area contributed by atoms with Gasteiger partial charge in [-0.15, -0.1) is 6.54 Å². The first-order valence-electron chi connectivity index (χ1n) is 10.8. The molecule has 4 N–H and O–H groups in total. The number of nitro groups is 2. The third kappa shape index (κ3) is 10.2. The fourth-order valence-corrected chi connectivity index (χ4v) is 2.73. The van der Waals surface area contributed by atoms with Crippen LogP contribution in [0.5, 0.6) is 23.0 Å². The van der Waals surface area contributed by atoms with E-state index >= 15 is 0 Å². The van der Waals surface area contributed by atoms with E-state index in [1.54, 1.807) is 5.82 Å². The van der Waals surface area contributed by atoms with Crippen molar-refractivity contribution < 1.29 is 43.3 Å². The fourth-order valence-electron chi connectivity index (χ4n) is 2.73. The molecule has 2 aromatic rings. The summed E-state index contributed by atoms with van der Waals surface area (Å²) < 4.78 is 39.2. The number of rotatable bonds is 6. The molecule has 2 atom stereocenters. The smallest absolute Gasteiger partial charge is 0.273 e. The van der Waals surface area contributed by atoms with Crippen molar-refractivity contribution >= 4 is 25.7 Å². The van der Waals surface area contributed by atoms with E-state index in [1.807, 2.05) is 0 Å². The van der Waals surface area contributed by atoms with Crippen molar-refractivity contribution in [2.75, 3.05) is 13.1 Å². The molecule has 0 spiro atoms. The van der Waals surface area contributed by atoms with Crippen LogP contribution < -0.4 is 24.7 Å². The Hall–Kier alpha value is -4.55. The van der Waals surface area contributed by atoms with E-state index in [9.17, 15) is 20.2 Å². The van der Waals surface area contributed by atoms with Gasteiger partial charge in [-0.2, -0.15) is 0 Å². The summed E-state index contributed by atoms with van der Waals surface area (Å²) in [6.07, 6.45) is 1.49. The summed E-state index contributed by atoms with van der Waals surface area (Å²) >= 11 is 0. The van der Waals surface area contributed by atoms with Crippen LogP contribution in [0.2, 0.25) is 6.82 Å². The maximum atomic E-state index is 10.5. The predicted molar refractivity (Wildman–Crippen MR) is 132 cm³/mol. The van der Waals surface area contributed by atoms with Crippen LogP contribution >= 0.6 is 0 Å². The summed E-state index contributed by atoms with van der Waals surface area (Å²) in [5.41, 5.74) is 12.3. The van der Waals surface area contributed by atoms with Gasteiger partial charge in [0.2, 0.25) is 12.6 Å². The minimum atomic E-state index is -0.487. The molecule has 0 radical (unpaired) electrons. The summed E-state index contributed by atoms with van der Waals surface area (Å²) in [7, 11) is 1.07. The molecule has 38 heavy (non-hydrogen) atoms.